The van der Waals surface area contributed by atoms with Gasteiger partial charge in [0.15, 0.2) is 17.5 Å². The third-order valence-electron chi connectivity index (χ3n) is 8.90. The highest BCUT2D eigenvalue weighted by molar-refractivity contribution is 6.17. The van der Waals surface area contributed by atoms with E-state index < -0.39 is 0 Å². The number of rotatable bonds is 4. The monoisotopic (exact) mass is 585 g/mol. The fourth-order valence-electron chi connectivity index (χ4n) is 6.59. The molecule has 0 bridgehead atoms. The van der Waals surface area contributed by atoms with Gasteiger partial charge < -0.3 is 0 Å². The number of benzene rings is 8. The van der Waals surface area contributed by atoms with Gasteiger partial charge in [0.2, 0.25) is 0 Å². The van der Waals surface area contributed by atoms with Crippen LogP contribution in [0.25, 0.3) is 88.4 Å². The van der Waals surface area contributed by atoms with Crippen molar-refractivity contribution in [2.75, 3.05) is 0 Å². The van der Waals surface area contributed by atoms with Gasteiger partial charge in [0.25, 0.3) is 0 Å². The molecule has 1 aromatic heterocycles. The fourth-order valence-corrected chi connectivity index (χ4v) is 6.59. The number of aromatic nitrogens is 3. The zero-order valence-electron chi connectivity index (χ0n) is 24.9. The quantitative estimate of drug-likeness (QED) is 0.193. The van der Waals surface area contributed by atoms with E-state index in [0.717, 1.165) is 33.2 Å². The number of fused-ring (bicyclic) bond motifs is 6. The first-order valence-electron chi connectivity index (χ1n) is 15.5. The molecule has 0 atom stereocenters. The van der Waals surface area contributed by atoms with Crippen LogP contribution in [0.2, 0.25) is 0 Å². The first kappa shape index (κ1) is 26.2. The Morgan fingerprint density at radius 1 is 0.261 bits per heavy atom. The van der Waals surface area contributed by atoms with Gasteiger partial charge in [0, 0.05) is 16.7 Å². The van der Waals surface area contributed by atoms with E-state index in [1.54, 1.807) is 0 Å². The molecular weight excluding hydrogens is 558 g/mol. The largest absolute Gasteiger partial charge is 0.208 e. The minimum atomic E-state index is 0.649. The van der Waals surface area contributed by atoms with Crippen LogP contribution in [0.1, 0.15) is 0 Å². The lowest BCUT2D eigenvalue weighted by Crippen LogP contribution is -2.01. The van der Waals surface area contributed by atoms with Crippen LogP contribution in [0.4, 0.5) is 0 Å². The van der Waals surface area contributed by atoms with E-state index in [0.29, 0.717) is 17.5 Å². The van der Waals surface area contributed by atoms with E-state index in [4.69, 9.17) is 15.0 Å². The summed E-state index contributed by atoms with van der Waals surface area (Å²) in [5, 5.41) is 9.66. The van der Waals surface area contributed by atoms with Gasteiger partial charge in [0.1, 0.15) is 0 Å². The van der Waals surface area contributed by atoms with Crippen molar-refractivity contribution in [3.63, 3.8) is 0 Å². The van der Waals surface area contributed by atoms with Gasteiger partial charge in [0.05, 0.1) is 0 Å². The van der Waals surface area contributed by atoms with Crippen LogP contribution in [0, 0.1) is 0 Å². The third kappa shape index (κ3) is 4.49. The Hall–Kier alpha value is -6.19. The second-order valence-electron chi connectivity index (χ2n) is 11.7. The van der Waals surface area contributed by atoms with Crippen molar-refractivity contribution in [3.05, 3.63) is 164 Å². The number of nitrogens with zero attached hydrogens (tertiary/aromatic N) is 3. The molecule has 3 nitrogen and oxygen atoms in total. The lowest BCUT2D eigenvalue weighted by molar-refractivity contribution is 1.08. The zero-order chi connectivity index (χ0) is 30.5. The lowest BCUT2D eigenvalue weighted by atomic mass is 9.96. The summed E-state index contributed by atoms with van der Waals surface area (Å²) >= 11 is 0. The first-order chi connectivity index (χ1) is 22.8. The lowest BCUT2D eigenvalue weighted by Gasteiger charge is -2.13. The minimum absolute atomic E-state index is 0.649. The average molecular weight is 586 g/mol. The molecule has 0 aliphatic heterocycles. The van der Waals surface area contributed by atoms with Crippen molar-refractivity contribution in [2.45, 2.75) is 0 Å². The molecule has 0 unspecified atom stereocenters. The highest BCUT2D eigenvalue weighted by Crippen LogP contribution is 2.36. The van der Waals surface area contributed by atoms with Crippen LogP contribution < -0.4 is 0 Å². The molecule has 0 saturated carbocycles. The Morgan fingerprint density at radius 2 is 0.783 bits per heavy atom. The Morgan fingerprint density at radius 3 is 1.57 bits per heavy atom. The SMILES string of the molecule is c1ccc(-c2ccccc2-c2nc(-c3ccc4ccccc4c3)nc(-c3ccc4ccc5c6ccccc6ccc5c4c3)n2)cc1. The molecule has 0 amide bonds. The molecule has 3 heteroatoms. The van der Waals surface area contributed by atoms with Gasteiger partial charge in [-0.15, -0.1) is 0 Å². The van der Waals surface area contributed by atoms with E-state index in [9.17, 15) is 0 Å². The Balaban J connectivity index is 1.28. The van der Waals surface area contributed by atoms with Crippen molar-refractivity contribution >= 4 is 43.1 Å². The van der Waals surface area contributed by atoms with Gasteiger partial charge in [-0.05, 0) is 66.3 Å². The smallest absolute Gasteiger partial charge is 0.164 e. The molecule has 0 aliphatic rings. The maximum absolute atomic E-state index is 5.16. The second-order valence-corrected chi connectivity index (χ2v) is 11.7. The third-order valence-corrected chi connectivity index (χ3v) is 8.90. The summed E-state index contributed by atoms with van der Waals surface area (Å²) < 4.78 is 0. The first-order valence-corrected chi connectivity index (χ1v) is 15.5. The van der Waals surface area contributed by atoms with Gasteiger partial charge in [-0.3, -0.25) is 0 Å². The van der Waals surface area contributed by atoms with Gasteiger partial charge in [-0.1, -0.05) is 152 Å². The highest BCUT2D eigenvalue weighted by Gasteiger charge is 2.16. The predicted molar refractivity (Wildman–Crippen MR) is 192 cm³/mol. The minimum Gasteiger partial charge on any atom is -0.208 e. The van der Waals surface area contributed by atoms with Crippen LogP contribution in [-0.2, 0) is 0 Å². The number of hydrogen-bond donors (Lipinski definition) is 0. The molecule has 0 aliphatic carbocycles. The fraction of sp³-hybridized carbons (Fsp3) is 0. The van der Waals surface area contributed by atoms with E-state index in [1.165, 1.54) is 37.7 Å². The van der Waals surface area contributed by atoms with Crippen LogP contribution in [0.15, 0.2) is 164 Å². The summed E-state index contributed by atoms with van der Waals surface area (Å²) in [6, 6.07) is 57.6. The maximum Gasteiger partial charge on any atom is 0.164 e. The van der Waals surface area contributed by atoms with Crippen LogP contribution in [0.3, 0.4) is 0 Å². The normalized spacial score (nSPS) is 11.5. The van der Waals surface area contributed by atoms with Crippen molar-refractivity contribution < 1.29 is 0 Å². The molecule has 9 rings (SSSR count). The molecule has 214 valence electrons. The topological polar surface area (TPSA) is 38.7 Å². The summed E-state index contributed by atoms with van der Waals surface area (Å²) in [5.41, 5.74) is 5.09. The molecule has 0 N–H and O–H groups in total. The molecule has 46 heavy (non-hydrogen) atoms. The number of hydrogen-bond acceptors (Lipinski definition) is 3. The van der Waals surface area contributed by atoms with E-state index in [1.807, 2.05) is 12.1 Å². The zero-order valence-corrected chi connectivity index (χ0v) is 24.9. The molecule has 0 fully saturated rings. The summed E-state index contributed by atoms with van der Waals surface area (Å²) in [7, 11) is 0. The van der Waals surface area contributed by atoms with Crippen molar-refractivity contribution in [1.82, 2.24) is 15.0 Å². The van der Waals surface area contributed by atoms with Gasteiger partial charge in [-0.2, -0.15) is 0 Å². The molecule has 1 heterocycles. The van der Waals surface area contributed by atoms with E-state index in [2.05, 4.69) is 152 Å². The molecule has 0 spiro atoms. The Bertz CT molecular complexity index is 2590. The molecular formula is C43H27N3. The average Bonchev–Trinajstić information content (AvgIpc) is 3.14. The maximum atomic E-state index is 5.16. The van der Waals surface area contributed by atoms with Crippen molar-refractivity contribution in [3.8, 4) is 45.3 Å². The highest BCUT2D eigenvalue weighted by atomic mass is 15.0. The summed E-state index contributed by atoms with van der Waals surface area (Å²) in [4.78, 5) is 15.4. The summed E-state index contributed by atoms with van der Waals surface area (Å²) in [5.74, 6) is 1.95. The van der Waals surface area contributed by atoms with Crippen LogP contribution in [0.5, 0.6) is 0 Å². The predicted octanol–water partition coefficient (Wildman–Crippen LogP) is 11.2. The van der Waals surface area contributed by atoms with Gasteiger partial charge >= 0.3 is 0 Å². The van der Waals surface area contributed by atoms with Crippen LogP contribution >= 0.6 is 0 Å². The summed E-state index contributed by atoms with van der Waals surface area (Å²) in [6.07, 6.45) is 0. The standard InChI is InChI=1S/C43H27N3/c1-2-11-29(12-3-1)36-16-8-9-17-39(36)43-45-41(33-20-18-28-10-4-5-14-32(28)26-33)44-42(46-43)34-21-19-31-23-24-37-35-15-7-6-13-30(35)22-25-38(37)40(31)27-34/h1-27H. The Labute approximate surface area is 266 Å². The molecule has 0 radical (unpaired) electrons. The van der Waals surface area contributed by atoms with E-state index in [-0.39, 0.29) is 0 Å². The molecule has 0 saturated heterocycles. The van der Waals surface area contributed by atoms with Crippen LogP contribution in [-0.4, -0.2) is 15.0 Å². The second kappa shape index (κ2) is 10.8. The molecule has 8 aromatic carbocycles. The molecule has 9 aromatic rings. The van der Waals surface area contributed by atoms with E-state index >= 15 is 0 Å². The van der Waals surface area contributed by atoms with Gasteiger partial charge in [-0.25, -0.2) is 15.0 Å². The summed E-state index contributed by atoms with van der Waals surface area (Å²) in [6.45, 7) is 0. The Kier molecular flexibility index (Phi) is 6.14. The van der Waals surface area contributed by atoms with Crippen molar-refractivity contribution in [2.24, 2.45) is 0 Å². The van der Waals surface area contributed by atoms with Crippen molar-refractivity contribution in [1.29, 1.82) is 0 Å².